The Morgan fingerprint density at radius 3 is 2.38 bits per heavy atom. The molecule has 1 aliphatic heterocycles. The van der Waals surface area contributed by atoms with Crippen molar-refractivity contribution in [3.63, 3.8) is 0 Å². The Labute approximate surface area is 140 Å². The second-order valence-electron chi connectivity index (χ2n) is 5.60. The Bertz CT molecular complexity index is 844. The topological polar surface area (TPSA) is 66.5 Å². The van der Waals surface area contributed by atoms with Crippen molar-refractivity contribution in [3.8, 4) is 0 Å². The monoisotopic (exact) mass is 348 g/mol. The second-order valence-corrected chi connectivity index (χ2v) is 7.54. The highest BCUT2D eigenvalue weighted by Crippen LogP contribution is 2.23. The lowest BCUT2D eigenvalue weighted by Crippen LogP contribution is -2.27. The van der Waals surface area contributed by atoms with Gasteiger partial charge in [0.15, 0.2) is 0 Å². The molecule has 1 fully saturated rings. The summed E-state index contributed by atoms with van der Waals surface area (Å²) in [5.41, 5.74) is 0.675. The summed E-state index contributed by atoms with van der Waals surface area (Å²) < 4.78 is 39.5. The largest absolute Gasteiger partial charge is 0.322 e. The van der Waals surface area contributed by atoms with Crippen LogP contribution in [0, 0.1) is 5.82 Å². The van der Waals surface area contributed by atoms with E-state index < -0.39 is 21.7 Å². The van der Waals surface area contributed by atoms with Crippen molar-refractivity contribution in [2.24, 2.45) is 0 Å². The van der Waals surface area contributed by atoms with Gasteiger partial charge < -0.3 is 5.32 Å². The molecule has 0 spiro atoms. The van der Waals surface area contributed by atoms with E-state index in [1.807, 2.05) is 0 Å². The summed E-state index contributed by atoms with van der Waals surface area (Å²) in [6.45, 7) is 1.04. The van der Waals surface area contributed by atoms with Crippen LogP contribution in [0.2, 0.25) is 0 Å². The molecule has 0 aliphatic carbocycles. The second kappa shape index (κ2) is 6.70. The highest BCUT2D eigenvalue weighted by Gasteiger charge is 2.27. The number of benzene rings is 2. The van der Waals surface area contributed by atoms with Crippen molar-refractivity contribution in [3.05, 3.63) is 59.9 Å². The number of anilines is 1. The minimum Gasteiger partial charge on any atom is -0.322 e. The molecule has 2 aromatic carbocycles. The van der Waals surface area contributed by atoms with Crippen LogP contribution in [-0.4, -0.2) is 31.7 Å². The maximum Gasteiger partial charge on any atom is 0.255 e. The number of halogens is 1. The van der Waals surface area contributed by atoms with E-state index in [0.29, 0.717) is 24.3 Å². The van der Waals surface area contributed by atoms with Gasteiger partial charge in [-0.25, -0.2) is 12.8 Å². The van der Waals surface area contributed by atoms with Gasteiger partial charge in [0.25, 0.3) is 5.91 Å². The van der Waals surface area contributed by atoms with Crippen molar-refractivity contribution in [1.82, 2.24) is 4.31 Å². The average molecular weight is 348 g/mol. The normalized spacial score (nSPS) is 15.4. The Morgan fingerprint density at radius 2 is 1.71 bits per heavy atom. The molecule has 2 aromatic rings. The molecule has 0 bridgehead atoms. The molecule has 1 heterocycles. The Hall–Kier alpha value is -2.25. The molecule has 1 aliphatic rings. The molecule has 24 heavy (non-hydrogen) atoms. The summed E-state index contributed by atoms with van der Waals surface area (Å²) in [7, 11) is -3.53. The van der Waals surface area contributed by atoms with Crippen LogP contribution >= 0.6 is 0 Å². The van der Waals surface area contributed by atoms with Crippen LogP contribution in [-0.2, 0) is 10.0 Å². The zero-order chi connectivity index (χ0) is 17.2. The third-order valence-corrected chi connectivity index (χ3v) is 5.80. The van der Waals surface area contributed by atoms with Crippen LogP contribution in [0.5, 0.6) is 0 Å². The molecule has 0 saturated carbocycles. The van der Waals surface area contributed by atoms with E-state index in [1.165, 1.54) is 40.7 Å². The molecular weight excluding hydrogens is 331 g/mol. The molecule has 1 N–H and O–H groups in total. The Morgan fingerprint density at radius 1 is 1.04 bits per heavy atom. The van der Waals surface area contributed by atoms with E-state index in [-0.39, 0.29) is 4.90 Å². The molecule has 7 heteroatoms. The number of carbonyl (C=O) groups is 1. The molecular formula is C17H17FN2O3S. The number of nitrogens with one attached hydrogen (secondary N) is 1. The molecule has 126 valence electrons. The summed E-state index contributed by atoms with van der Waals surface area (Å²) in [5.74, 6) is -0.851. The fourth-order valence-electron chi connectivity index (χ4n) is 2.62. The summed E-state index contributed by atoms with van der Waals surface area (Å²) in [5, 5.41) is 2.64. The van der Waals surface area contributed by atoms with Gasteiger partial charge in [-0.05, 0) is 55.3 Å². The van der Waals surface area contributed by atoms with Gasteiger partial charge >= 0.3 is 0 Å². The van der Waals surface area contributed by atoms with Crippen molar-refractivity contribution >= 4 is 21.6 Å². The maximum atomic E-state index is 12.9. The van der Waals surface area contributed by atoms with Gasteiger partial charge in [-0.2, -0.15) is 4.31 Å². The minimum absolute atomic E-state index is 0.154. The van der Waals surface area contributed by atoms with E-state index in [0.717, 1.165) is 12.8 Å². The lowest BCUT2D eigenvalue weighted by Gasteiger charge is -2.16. The van der Waals surface area contributed by atoms with Gasteiger partial charge in [0.2, 0.25) is 10.0 Å². The molecule has 3 rings (SSSR count). The van der Waals surface area contributed by atoms with E-state index in [1.54, 1.807) is 12.1 Å². The summed E-state index contributed by atoms with van der Waals surface area (Å²) in [4.78, 5) is 12.3. The first-order chi connectivity index (χ1) is 11.5. The number of nitrogens with zero attached hydrogens (tertiary/aromatic N) is 1. The molecule has 0 aromatic heterocycles. The van der Waals surface area contributed by atoms with Gasteiger partial charge in [0.1, 0.15) is 5.82 Å². The highest BCUT2D eigenvalue weighted by atomic mass is 32.2. The smallest absolute Gasteiger partial charge is 0.255 e. The number of hydrogen-bond acceptors (Lipinski definition) is 3. The zero-order valence-electron chi connectivity index (χ0n) is 12.9. The van der Waals surface area contributed by atoms with Crippen molar-refractivity contribution in [1.29, 1.82) is 0 Å². The lowest BCUT2D eigenvalue weighted by atomic mass is 10.2. The number of sulfonamides is 1. The average Bonchev–Trinajstić information content (AvgIpc) is 3.11. The summed E-state index contributed by atoms with van der Waals surface area (Å²) in [6.07, 6.45) is 1.72. The number of rotatable bonds is 4. The summed E-state index contributed by atoms with van der Waals surface area (Å²) >= 11 is 0. The predicted octanol–water partition coefficient (Wildman–Crippen LogP) is 2.86. The van der Waals surface area contributed by atoms with Gasteiger partial charge in [-0.3, -0.25) is 4.79 Å². The van der Waals surface area contributed by atoms with Crippen LogP contribution in [0.15, 0.2) is 53.4 Å². The fraction of sp³-hybridized carbons (Fsp3) is 0.235. The molecule has 1 amide bonds. The number of carbonyl (C=O) groups excluding carboxylic acids is 1. The highest BCUT2D eigenvalue weighted by molar-refractivity contribution is 7.89. The van der Waals surface area contributed by atoms with Crippen molar-refractivity contribution in [2.45, 2.75) is 17.7 Å². The first-order valence-corrected chi connectivity index (χ1v) is 9.08. The van der Waals surface area contributed by atoms with Crippen molar-refractivity contribution in [2.75, 3.05) is 18.4 Å². The van der Waals surface area contributed by atoms with Gasteiger partial charge in [-0.15, -0.1) is 0 Å². The Kier molecular flexibility index (Phi) is 4.64. The van der Waals surface area contributed by atoms with Gasteiger partial charge in [0, 0.05) is 24.3 Å². The lowest BCUT2D eigenvalue weighted by molar-refractivity contribution is 0.102. The van der Waals surface area contributed by atoms with Crippen LogP contribution in [0.3, 0.4) is 0 Å². The standard InChI is InChI=1S/C17H17FN2O3S/c18-14-8-6-13(7-9-14)17(21)19-15-4-3-5-16(12-15)24(22,23)20-10-1-2-11-20/h3-9,12H,1-2,10-11H2,(H,19,21). The van der Waals surface area contributed by atoms with Gasteiger partial charge in [-0.1, -0.05) is 6.07 Å². The fourth-order valence-corrected chi connectivity index (χ4v) is 4.18. The number of hydrogen-bond donors (Lipinski definition) is 1. The van der Waals surface area contributed by atoms with Gasteiger partial charge in [0.05, 0.1) is 4.90 Å². The first kappa shape index (κ1) is 16.6. The predicted molar refractivity (Wildman–Crippen MR) is 88.8 cm³/mol. The molecule has 0 atom stereocenters. The third kappa shape index (κ3) is 3.47. The first-order valence-electron chi connectivity index (χ1n) is 7.64. The SMILES string of the molecule is O=C(Nc1cccc(S(=O)(=O)N2CCCC2)c1)c1ccc(F)cc1. The zero-order valence-corrected chi connectivity index (χ0v) is 13.7. The van der Waals surface area contributed by atoms with Crippen LogP contribution < -0.4 is 5.32 Å². The molecule has 0 radical (unpaired) electrons. The van der Waals surface area contributed by atoms with E-state index in [2.05, 4.69) is 5.32 Å². The molecule has 5 nitrogen and oxygen atoms in total. The van der Waals surface area contributed by atoms with E-state index >= 15 is 0 Å². The summed E-state index contributed by atoms with van der Waals surface area (Å²) in [6, 6.07) is 11.3. The maximum absolute atomic E-state index is 12.9. The van der Waals surface area contributed by atoms with Crippen molar-refractivity contribution < 1.29 is 17.6 Å². The van der Waals surface area contributed by atoms with Crippen LogP contribution in [0.4, 0.5) is 10.1 Å². The van der Waals surface area contributed by atoms with E-state index in [4.69, 9.17) is 0 Å². The molecule has 1 saturated heterocycles. The van der Waals surface area contributed by atoms with E-state index in [9.17, 15) is 17.6 Å². The minimum atomic E-state index is -3.53. The Balaban J connectivity index is 1.80. The quantitative estimate of drug-likeness (QED) is 0.924. The molecule has 0 unspecified atom stereocenters. The van der Waals surface area contributed by atoms with Crippen LogP contribution in [0.25, 0.3) is 0 Å². The number of amides is 1. The van der Waals surface area contributed by atoms with Crippen LogP contribution in [0.1, 0.15) is 23.2 Å². The third-order valence-electron chi connectivity index (χ3n) is 3.90.